The molecule has 1 unspecified atom stereocenters. The predicted octanol–water partition coefficient (Wildman–Crippen LogP) is 6.70. The number of thiophene rings is 1. The molecule has 3 aromatic heterocycles. The van der Waals surface area contributed by atoms with E-state index in [0.717, 1.165) is 36.8 Å². The zero-order valence-electron chi connectivity index (χ0n) is 18.1. The highest BCUT2D eigenvalue weighted by molar-refractivity contribution is 8.00. The third kappa shape index (κ3) is 4.06. The molecule has 0 saturated carbocycles. The zero-order valence-corrected chi connectivity index (χ0v) is 19.7. The minimum absolute atomic E-state index is 0.292. The topological polar surface area (TPSA) is 50.9 Å². The predicted molar refractivity (Wildman–Crippen MR) is 135 cm³/mol. The maximum Gasteiger partial charge on any atom is 0.341 e. The smallest absolute Gasteiger partial charge is 0.341 e. The summed E-state index contributed by atoms with van der Waals surface area (Å²) in [7, 11) is 0. The summed E-state index contributed by atoms with van der Waals surface area (Å²) in [6, 6.07) is 25.7. The molecule has 3 heterocycles. The van der Waals surface area contributed by atoms with E-state index in [1.807, 2.05) is 84.3 Å². The number of carbonyl (C=O) groups is 1. The molecule has 166 valence electrons. The molecule has 0 fully saturated rings. The van der Waals surface area contributed by atoms with Gasteiger partial charge in [0.05, 0.1) is 27.4 Å². The summed E-state index contributed by atoms with van der Waals surface area (Å²) in [5.74, 6) is 0.432. The van der Waals surface area contributed by atoms with Crippen molar-refractivity contribution >= 4 is 45.5 Å². The molecule has 1 atom stereocenters. The average molecular weight is 474 g/mol. The van der Waals surface area contributed by atoms with Gasteiger partial charge in [-0.3, -0.25) is 0 Å². The Bertz CT molecular complexity index is 1410. The van der Waals surface area contributed by atoms with Crippen LogP contribution in [0.2, 0.25) is 0 Å². The van der Waals surface area contributed by atoms with E-state index in [4.69, 9.17) is 4.74 Å². The monoisotopic (exact) mass is 473 g/mol. The van der Waals surface area contributed by atoms with Gasteiger partial charge in [0.15, 0.2) is 0 Å². The minimum Gasteiger partial charge on any atom is -0.462 e. The molecule has 4 nitrogen and oxygen atoms in total. The molecule has 5 rings (SSSR count). The summed E-state index contributed by atoms with van der Waals surface area (Å²) in [4.78, 5) is 13.9. The molecule has 1 N–H and O–H groups in total. The molecule has 2 aromatic carbocycles. The SMILES string of the molecule is CCOC(=O)c1c2c(C(O)c3ccccc3)sc(SCc3ccccc3)c2n2ccccc12. The largest absolute Gasteiger partial charge is 0.462 e. The summed E-state index contributed by atoms with van der Waals surface area (Å²) in [5.41, 5.74) is 4.27. The van der Waals surface area contributed by atoms with Crippen molar-refractivity contribution in [2.24, 2.45) is 0 Å². The number of thioether (sulfide) groups is 1. The lowest BCUT2D eigenvalue weighted by Gasteiger charge is -2.10. The number of aromatic nitrogens is 1. The fraction of sp³-hybridized carbons (Fsp3) is 0.148. The highest BCUT2D eigenvalue weighted by Crippen LogP contribution is 2.47. The Morgan fingerprint density at radius 2 is 1.73 bits per heavy atom. The second-order valence-corrected chi connectivity index (χ2v) is 9.91. The van der Waals surface area contributed by atoms with E-state index in [1.54, 1.807) is 23.1 Å². The van der Waals surface area contributed by atoms with Crippen molar-refractivity contribution in [1.29, 1.82) is 0 Å². The number of aliphatic hydroxyl groups is 1. The highest BCUT2D eigenvalue weighted by atomic mass is 32.2. The van der Waals surface area contributed by atoms with E-state index >= 15 is 0 Å². The third-order valence-corrected chi connectivity index (χ3v) is 8.10. The van der Waals surface area contributed by atoms with E-state index < -0.39 is 6.10 Å². The minimum atomic E-state index is -0.838. The number of esters is 1. The van der Waals surface area contributed by atoms with Crippen LogP contribution in [-0.4, -0.2) is 22.1 Å². The number of benzene rings is 2. The van der Waals surface area contributed by atoms with Crippen LogP contribution >= 0.6 is 23.1 Å². The zero-order chi connectivity index (χ0) is 22.8. The average Bonchev–Trinajstić information content (AvgIpc) is 3.39. The number of pyridine rings is 1. The molecule has 0 saturated heterocycles. The van der Waals surface area contributed by atoms with E-state index in [1.165, 1.54) is 5.56 Å². The van der Waals surface area contributed by atoms with Crippen LogP contribution in [-0.2, 0) is 10.5 Å². The first-order valence-electron chi connectivity index (χ1n) is 10.8. The first kappa shape index (κ1) is 21.8. The lowest BCUT2D eigenvalue weighted by atomic mass is 10.0. The quantitative estimate of drug-likeness (QED) is 0.211. The summed E-state index contributed by atoms with van der Waals surface area (Å²) in [6.45, 7) is 2.10. The van der Waals surface area contributed by atoms with Gasteiger partial charge in [-0.2, -0.15) is 0 Å². The van der Waals surface area contributed by atoms with Crippen LogP contribution in [0.25, 0.3) is 16.4 Å². The van der Waals surface area contributed by atoms with E-state index in [9.17, 15) is 9.90 Å². The molecular formula is C27H23NO3S2. The summed E-state index contributed by atoms with van der Waals surface area (Å²) in [6.07, 6.45) is 1.13. The number of hydrogen-bond donors (Lipinski definition) is 1. The maximum absolute atomic E-state index is 13.1. The van der Waals surface area contributed by atoms with Crippen LogP contribution in [0, 0.1) is 0 Å². The van der Waals surface area contributed by atoms with Gasteiger partial charge in [-0.25, -0.2) is 4.79 Å². The molecule has 5 aromatic rings. The lowest BCUT2D eigenvalue weighted by Crippen LogP contribution is -2.06. The molecule has 0 aliphatic carbocycles. The number of fused-ring (bicyclic) bond motifs is 3. The van der Waals surface area contributed by atoms with Crippen molar-refractivity contribution in [3.05, 3.63) is 107 Å². The van der Waals surface area contributed by atoms with Crippen molar-refractivity contribution in [1.82, 2.24) is 4.40 Å². The molecular weight excluding hydrogens is 450 g/mol. The van der Waals surface area contributed by atoms with Gasteiger partial charge in [0.25, 0.3) is 0 Å². The molecule has 6 heteroatoms. The van der Waals surface area contributed by atoms with Crippen molar-refractivity contribution in [3.63, 3.8) is 0 Å². The highest BCUT2D eigenvalue weighted by Gasteiger charge is 2.29. The van der Waals surface area contributed by atoms with Gasteiger partial charge in [0, 0.05) is 22.2 Å². The molecule has 0 radical (unpaired) electrons. The molecule has 0 bridgehead atoms. The van der Waals surface area contributed by atoms with Gasteiger partial charge in [0.2, 0.25) is 0 Å². The number of aliphatic hydroxyl groups excluding tert-OH is 1. The van der Waals surface area contributed by atoms with E-state index in [2.05, 4.69) is 12.1 Å². The van der Waals surface area contributed by atoms with Crippen molar-refractivity contribution < 1.29 is 14.6 Å². The molecule has 33 heavy (non-hydrogen) atoms. The first-order chi connectivity index (χ1) is 16.2. The van der Waals surface area contributed by atoms with E-state index in [0.29, 0.717) is 12.2 Å². The van der Waals surface area contributed by atoms with Crippen molar-refractivity contribution in [3.8, 4) is 0 Å². The van der Waals surface area contributed by atoms with Crippen LogP contribution in [0.5, 0.6) is 0 Å². The van der Waals surface area contributed by atoms with Gasteiger partial charge in [0.1, 0.15) is 6.10 Å². The number of rotatable bonds is 7. The Labute approximate surface area is 200 Å². The van der Waals surface area contributed by atoms with Crippen LogP contribution in [0.1, 0.15) is 39.4 Å². The summed E-state index contributed by atoms with van der Waals surface area (Å²) < 4.78 is 8.56. The normalized spacial score (nSPS) is 12.3. The van der Waals surface area contributed by atoms with Crippen molar-refractivity contribution in [2.75, 3.05) is 6.61 Å². The summed E-state index contributed by atoms with van der Waals surface area (Å²) in [5, 5.41) is 12.2. The number of carbonyl (C=O) groups excluding carboxylic acids is 1. The molecule has 0 aliphatic heterocycles. The maximum atomic E-state index is 13.1. The van der Waals surface area contributed by atoms with Crippen LogP contribution in [0.4, 0.5) is 0 Å². The van der Waals surface area contributed by atoms with Gasteiger partial charge in [-0.15, -0.1) is 23.1 Å². The van der Waals surface area contributed by atoms with Gasteiger partial charge in [-0.05, 0) is 30.2 Å². The van der Waals surface area contributed by atoms with Gasteiger partial charge < -0.3 is 14.2 Å². The first-order valence-corrected chi connectivity index (χ1v) is 12.6. The van der Waals surface area contributed by atoms with Crippen LogP contribution in [0.3, 0.4) is 0 Å². The third-order valence-electron chi connectivity index (χ3n) is 5.54. The van der Waals surface area contributed by atoms with Crippen molar-refractivity contribution in [2.45, 2.75) is 23.0 Å². The Hall–Kier alpha value is -3.06. The standard InChI is InChI=1S/C27H23NO3S2/c1-2-31-26(30)21-20-15-9-10-16-28(20)23-22(21)25(24(29)19-13-7-4-8-14-19)33-27(23)32-17-18-11-5-3-6-12-18/h3-16,24,29H,2,17H2,1H3. The van der Waals surface area contributed by atoms with E-state index in [-0.39, 0.29) is 5.97 Å². The van der Waals surface area contributed by atoms with Gasteiger partial charge >= 0.3 is 5.97 Å². The number of hydrogen-bond acceptors (Lipinski definition) is 5. The van der Waals surface area contributed by atoms with Crippen LogP contribution < -0.4 is 0 Å². The summed E-state index contributed by atoms with van der Waals surface area (Å²) >= 11 is 3.27. The fourth-order valence-corrected chi connectivity index (χ4v) is 6.61. The second-order valence-electron chi connectivity index (χ2n) is 7.62. The van der Waals surface area contributed by atoms with Crippen LogP contribution in [0.15, 0.2) is 89.3 Å². The second kappa shape index (κ2) is 9.43. The molecule has 0 aliphatic rings. The molecule has 0 spiro atoms. The Balaban J connectivity index is 1.73. The van der Waals surface area contributed by atoms with Gasteiger partial charge in [-0.1, -0.05) is 66.7 Å². The number of nitrogens with zero attached hydrogens (tertiary/aromatic N) is 1. The number of ether oxygens (including phenoxy) is 1. The Kier molecular flexibility index (Phi) is 6.22. The lowest BCUT2D eigenvalue weighted by molar-refractivity contribution is 0.0531. The Morgan fingerprint density at radius 3 is 2.45 bits per heavy atom. The molecule has 0 amide bonds. The Morgan fingerprint density at radius 1 is 1.03 bits per heavy atom. The fourth-order valence-electron chi connectivity index (χ4n) is 4.06.